The minimum atomic E-state index is 0.0655. The van der Waals surface area contributed by atoms with Crippen LogP contribution in [0.5, 0.6) is 5.75 Å². The van der Waals surface area contributed by atoms with Crippen LogP contribution >= 0.6 is 11.3 Å². The van der Waals surface area contributed by atoms with Crippen LogP contribution in [0.2, 0.25) is 0 Å². The predicted molar refractivity (Wildman–Crippen MR) is 68.0 cm³/mol. The number of thiophene rings is 1. The molecule has 0 spiro atoms. The van der Waals surface area contributed by atoms with Crippen molar-refractivity contribution in [2.45, 2.75) is 31.2 Å². The van der Waals surface area contributed by atoms with Crippen LogP contribution in [0.25, 0.3) is 10.1 Å². The summed E-state index contributed by atoms with van der Waals surface area (Å²) >= 11 is 1.66. The molecule has 0 bridgehead atoms. The lowest BCUT2D eigenvalue weighted by Crippen LogP contribution is -2.22. The summed E-state index contributed by atoms with van der Waals surface area (Å²) in [7, 11) is 0. The van der Waals surface area contributed by atoms with Crippen molar-refractivity contribution in [1.29, 1.82) is 0 Å². The quantitative estimate of drug-likeness (QED) is 0.856. The summed E-state index contributed by atoms with van der Waals surface area (Å²) in [5.41, 5.74) is 7.15. The molecule has 2 aromatic rings. The Morgan fingerprint density at radius 1 is 1.31 bits per heavy atom. The van der Waals surface area contributed by atoms with E-state index >= 15 is 0 Å². The Balaban J connectivity index is 1.88. The van der Waals surface area contributed by atoms with Crippen molar-refractivity contribution < 1.29 is 5.11 Å². The third-order valence-electron chi connectivity index (χ3n) is 3.47. The van der Waals surface area contributed by atoms with Gasteiger partial charge in [0, 0.05) is 15.6 Å². The van der Waals surface area contributed by atoms with Crippen LogP contribution in [0.15, 0.2) is 23.6 Å². The molecule has 0 saturated heterocycles. The highest BCUT2D eigenvalue weighted by Gasteiger charge is 2.37. The Morgan fingerprint density at radius 3 is 2.88 bits per heavy atom. The van der Waals surface area contributed by atoms with Crippen LogP contribution in [-0.4, -0.2) is 10.6 Å². The highest BCUT2D eigenvalue weighted by molar-refractivity contribution is 7.17. The minimum absolute atomic E-state index is 0.0655. The third-order valence-corrected chi connectivity index (χ3v) is 4.36. The zero-order chi connectivity index (χ0) is 11.2. The fourth-order valence-corrected chi connectivity index (χ4v) is 2.86. The lowest BCUT2D eigenvalue weighted by Gasteiger charge is -2.09. The number of fused-ring (bicyclic) bond motifs is 1. The molecular weight excluding hydrogens is 218 g/mol. The Bertz CT molecular complexity index is 528. The van der Waals surface area contributed by atoms with Crippen molar-refractivity contribution in [3.63, 3.8) is 0 Å². The maximum atomic E-state index is 10.1. The summed E-state index contributed by atoms with van der Waals surface area (Å²) in [5, 5.41) is 13.1. The van der Waals surface area contributed by atoms with Crippen molar-refractivity contribution in [2.24, 2.45) is 5.73 Å². The number of hydrogen-bond acceptors (Lipinski definition) is 3. The van der Waals surface area contributed by atoms with Crippen molar-refractivity contribution in [1.82, 2.24) is 0 Å². The number of benzene rings is 1. The van der Waals surface area contributed by atoms with E-state index in [0.29, 0.717) is 5.75 Å². The smallest absolute Gasteiger partial charge is 0.127 e. The number of aromatic hydroxyl groups is 1. The topological polar surface area (TPSA) is 46.2 Å². The van der Waals surface area contributed by atoms with Gasteiger partial charge in [-0.3, -0.25) is 0 Å². The minimum Gasteiger partial charge on any atom is -0.507 e. The lowest BCUT2D eigenvalue weighted by atomic mass is 10.0. The normalized spacial score (nSPS) is 17.8. The summed E-state index contributed by atoms with van der Waals surface area (Å²) in [4.78, 5) is 0. The molecule has 1 aromatic carbocycles. The average molecular weight is 233 g/mol. The van der Waals surface area contributed by atoms with Gasteiger partial charge in [-0.15, -0.1) is 11.3 Å². The Morgan fingerprint density at radius 2 is 2.12 bits per heavy atom. The third kappa shape index (κ3) is 1.70. The summed E-state index contributed by atoms with van der Waals surface area (Å²) < 4.78 is 1.15. The molecule has 0 unspecified atom stereocenters. The molecule has 0 aliphatic heterocycles. The maximum absolute atomic E-state index is 10.1. The maximum Gasteiger partial charge on any atom is 0.127 e. The second kappa shape index (κ2) is 3.47. The van der Waals surface area contributed by atoms with Crippen LogP contribution in [-0.2, 0) is 6.42 Å². The Kier molecular flexibility index (Phi) is 2.19. The van der Waals surface area contributed by atoms with E-state index in [1.165, 1.54) is 0 Å². The van der Waals surface area contributed by atoms with Gasteiger partial charge in [0.05, 0.1) is 0 Å². The molecule has 1 aliphatic carbocycles. The van der Waals surface area contributed by atoms with E-state index in [1.54, 1.807) is 11.3 Å². The van der Waals surface area contributed by atoms with E-state index in [2.05, 4.69) is 6.07 Å². The number of phenols is 1. The van der Waals surface area contributed by atoms with Crippen LogP contribution in [0.3, 0.4) is 0 Å². The summed E-state index contributed by atoms with van der Waals surface area (Å²) in [6, 6.07) is 6.10. The SMILES string of the molecule is NC1(CCc2ccc3sccc3c2O)CC1. The van der Waals surface area contributed by atoms with Crippen LogP contribution in [0.1, 0.15) is 24.8 Å². The molecule has 1 aromatic heterocycles. The molecule has 0 amide bonds. The molecule has 0 radical (unpaired) electrons. The number of rotatable bonds is 3. The van der Waals surface area contributed by atoms with Gasteiger partial charge in [-0.05, 0) is 48.8 Å². The first-order valence-electron chi connectivity index (χ1n) is 5.65. The standard InChI is InChI=1S/C13H15NOS/c14-13(6-7-13)5-3-9-1-2-11-10(12(9)15)4-8-16-11/h1-2,4,8,15H,3,5-7,14H2. The number of hydrogen-bond donors (Lipinski definition) is 2. The van der Waals surface area contributed by atoms with Crippen molar-refractivity contribution in [3.05, 3.63) is 29.1 Å². The van der Waals surface area contributed by atoms with E-state index in [9.17, 15) is 5.11 Å². The van der Waals surface area contributed by atoms with Gasteiger partial charge in [0.2, 0.25) is 0 Å². The van der Waals surface area contributed by atoms with Crippen LogP contribution < -0.4 is 5.73 Å². The Labute approximate surface area is 98.7 Å². The first-order chi connectivity index (χ1) is 7.68. The van der Waals surface area contributed by atoms with Crippen LogP contribution in [0, 0.1) is 0 Å². The molecule has 16 heavy (non-hydrogen) atoms. The summed E-state index contributed by atoms with van der Waals surface area (Å²) in [6.07, 6.45) is 4.13. The molecule has 1 saturated carbocycles. The Hall–Kier alpha value is -1.06. The van der Waals surface area contributed by atoms with E-state index in [4.69, 9.17) is 5.73 Å². The van der Waals surface area contributed by atoms with Crippen molar-refractivity contribution in [3.8, 4) is 5.75 Å². The average Bonchev–Trinajstić information content (AvgIpc) is 2.81. The van der Waals surface area contributed by atoms with Gasteiger partial charge >= 0.3 is 0 Å². The molecule has 3 N–H and O–H groups in total. The first kappa shape index (κ1) is 10.1. The zero-order valence-corrected chi connectivity index (χ0v) is 9.89. The molecule has 3 rings (SSSR count). The van der Waals surface area contributed by atoms with Crippen molar-refractivity contribution >= 4 is 21.4 Å². The van der Waals surface area contributed by atoms with Gasteiger partial charge in [-0.1, -0.05) is 6.07 Å². The molecule has 1 heterocycles. The van der Waals surface area contributed by atoms with E-state index < -0.39 is 0 Å². The van der Waals surface area contributed by atoms with Crippen LogP contribution in [0.4, 0.5) is 0 Å². The molecule has 3 heteroatoms. The van der Waals surface area contributed by atoms with Crippen molar-refractivity contribution in [2.75, 3.05) is 0 Å². The van der Waals surface area contributed by atoms with Gasteiger partial charge < -0.3 is 10.8 Å². The molecular formula is C13H15NOS. The number of aryl methyl sites for hydroxylation is 1. The van der Waals surface area contributed by atoms with E-state index in [0.717, 1.165) is 41.3 Å². The van der Waals surface area contributed by atoms with E-state index in [1.807, 2.05) is 17.5 Å². The predicted octanol–water partition coefficient (Wildman–Crippen LogP) is 3.03. The molecule has 0 atom stereocenters. The fraction of sp³-hybridized carbons (Fsp3) is 0.385. The highest BCUT2D eigenvalue weighted by atomic mass is 32.1. The first-order valence-corrected chi connectivity index (χ1v) is 6.53. The number of nitrogens with two attached hydrogens (primary N) is 1. The monoisotopic (exact) mass is 233 g/mol. The molecule has 1 aliphatic rings. The summed E-state index contributed by atoms with van der Waals surface area (Å²) in [5.74, 6) is 0.447. The fourth-order valence-electron chi connectivity index (χ4n) is 2.07. The summed E-state index contributed by atoms with van der Waals surface area (Å²) in [6.45, 7) is 0. The zero-order valence-electron chi connectivity index (χ0n) is 9.07. The highest BCUT2D eigenvalue weighted by Crippen LogP contribution is 2.39. The van der Waals surface area contributed by atoms with E-state index in [-0.39, 0.29) is 5.54 Å². The van der Waals surface area contributed by atoms with Gasteiger partial charge in [-0.25, -0.2) is 0 Å². The second-order valence-corrected chi connectivity index (χ2v) is 5.72. The molecule has 1 fully saturated rings. The largest absolute Gasteiger partial charge is 0.507 e. The number of phenolic OH excluding ortho intramolecular Hbond substituents is 1. The van der Waals surface area contributed by atoms with Gasteiger partial charge in [0.1, 0.15) is 5.75 Å². The molecule has 2 nitrogen and oxygen atoms in total. The molecule has 84 valence electrons. The van der Waals surface area contributed by atoms with Gasteiger partial charge in [-0.2, -0.15) is 0 Å². The van der Waals surface area contributed by atoms with Gasteiger partial charge in [0.15, 0.2) is 0 Å². The second-order valence-electron chi connectivity index (χ2n) is 4.77. The lowest BCUT2D eigenvalue weighted by molar-refractivity contribution is 0.471. The van der Waals surface area contributed by atoms with Gasteiger partial charge in [0.25, 0.3) is 0 Å².